The summed E-state index contributed by atoms with van der Waals surface area (Å²) in [5.74, 6) is 0.944. The third-order valence-corrected chi connectivity index (χ3v) is 8.55. The normalized spacial score (nSPS) is 15.2. The second kappa shape index (κ2) is 11.7. The van der Waals surface area contributed by atoms with Gasteiger partial charge in [-0.2, -0.15) is 5.10 Å². The molecule has 6 nitrogen and oxygen atoms in total. The number of carbonyl (C=O) groups excluding carboxylic acids is 2. The third-order valence-electron chi connectivity index (χ3n) is 7.29. The topological polar surface area (TPSA) is 67.2 Å². The Morgan fingerprint density at radius 2 is 1.77 bits per heavy atom. The van der Waals surface area contributed by atoms with E-state index in [2.05, 4.69) is 82.4 Å². The van der Waals surface area contributed by atoms with E-state index in [1.165, 1.54) is 0 Å². The van der Waals surface area contributed by atoms with E-state index in [1.807, 2.05) is 35.0 Å². The van der Waals surface area contributed by atoms with Gasteiger partial charge in [0.05, 0.1) is 22.4 Å². The Balaban J connectivity index is 1.80. The highest BCUT2D eigenvalue weighted by Gasteiger charge is 2.38. The van der Waals surface area contributed by atoms with Gasteiger partial charge in [-0.3, -0.25) is 14.5 Å². The predicted octanol–water partition coefficient (Wildman–Crippen LogP) is 6.41. The Labute approximate surface area is 240 Å². The zero-order valence-corrected chi connectivity index (χ0v) is 24.6. The molecule has 1 aromatic heterocycles. The van der Waals surface area contributed by atoms with E-state index in [0.717, 1.165) is 44.8 Å². The Kier molecular flexibility index (Phi) is 8.12. The number of nitrogens with zero attached hydrogens (tertiary/aromatic N) is 3. The summed E-state index contributed by atoms with van der Waals surface area (Å²) in [7, 11) is 0. The molecule has 0 spiro atoms. The molecule has 1 aliphatic rings. The Morgan fingerprint density at radius 1 is 1.02 bits per heavy atom. The Morgan fingerprint density at radius 3 is 2.50 bits per heavy atom. The molecule has 3 aromatic carbocycles. The first kappa shape index (κ1) is 27.7. The number of aromatic nitrogens is 2. The van der Waals surface area contributed by atoms with E-state index in [9.17, 15) is 9.59 Å². The number of aryl methyl sites for hydroxylation is 2. The summed E-state index contributed by atoms with van der Waals surface area (Å²) in [6, 6.07) is 24.7. The van der Waals surface area contributed by atoms with E-state index in [1.54, 1.807) is 16.7 Å². The number of rotatable bonds is 7. The molecule has 0 aliphatic carbocycles. The van der Waals surface area contributed by atoms with Crippen LogP contribution in [0.1, 0.15) is 46.9 Å². The second-order valence-electron chi connectivity index (χ2n) is 10.9. The van der Waals surface area contributed by atoms with Crippen LogP contribution in [0, 0.1) is 26.7 Å². The molecule has 0 saturated carbocycles. The van der Waals surface area contributed by atoms with Gasteiger partial charge in [0.1, 0.15) is 12.4 Å². The maximum atomic E-state index is 13.9. The van der Waals surface area contributed by atoms with Gasteiger partial charge in [0, 0.05) is 17.7 Å². The van der Waals surface area contributed by atoms with Crippen molar-refractivity contribution in [2.45, 2.75) is 39.9 Å². The second-order valence-corrected chi connectivity index (χ2v) is 12.0. The number of hydrogen-bond acceptors (Lipinski definition) is 4. The van der Waals surface area contributed by atoms with Crippen LogP contribution in [0.15, 0.2) is 72.8 Å². The summed E-state index contributed by atoms with van der Waals surface area (Å²) < 4.78 is 1.89. The number of benzene rings is 3. The molecule has 1 aliphatic heterocycles. The van der Waals surface area contributed by atoms with Crippen molar-refractivity contribution in [2.75, 3.05) is 23.7 Å². The summed E-state index contributed by atoms with van der Waals surface area (Å²) in [6.07, 6.45) is 0. The largest absolute Gasteiger partial charge is 0.354 e. The monoisotopic (exact) mass is 552 g/mol. The molecular formula is C33H36N4O2S. The highest BCUT2D eigenvalue weighted by molar-refractivity contribution is 8.00. The number of nitrogens with one attached hydrogen (secondary N) is 1. The van der Waals surface area contributed by atoms with Crippen LogP contribution in [0.3, 0.4) is 0 Å². The lowest BCUT2D eigenvalue weighted by molar-refractivity contribution is -0.123. The lowest BCUT2D eigenvalue weighted by Gasteiger charge is -2.24. The summed E-state index contributed by atoms with van der Waals surface area (Å²) in [6.45, 7) is 10.8. The minimum Gasteiger partial charge on any atom is -0.354 e. The fraction of sp³-hybridized carbons (Fsp3) is 0.303. The number of hydrogen-bond donors (Lipinski definition) is 1. The van der Waals surface area contributed by atoms with Gasteiger partial charge < -0.3 is 5.32 Å². The SMILES string of the molecule is Cc1cccc([C@@H]2SCC(=O)N(CC(=O)NCC(C)C)c3c2c(-c2ccccc2)nn3-c2cccc(C)c2C)c1. The minimum atomic E-state index is -0.179. The van der Waals surface area contributed by atoms with Gasteiger partial charge in [-0.05, 0) is 49.4 Å². The molecular weight excluding hydrogens is 516 g/mol. The summed E-state index contributed by atoms with van der Waals surface area (Å²) >= 11 is 1.59. The van der Waals surface area contributed by atoms with Crippen molar-refractivity contribution in [1.82, 2.24) is 15.1 Å². The fourth-order valence-corrected chi connectivity index (χ4v) is 6.26. The number of amides is 2. The van der Waals surface area contributed by atoms with E-state index in [0.29, 0.717) is 18.3 Å². The summed E-state index contributed by atoms with van der Waals surface area (Å²) in [5, 5.41) is 8.08. The smallest absolute Gasteiger partial charge is 0.240 e. The number of carbonyl (C=O) groups is 2. The van der Waals surface area contributed by atoms with E-state index >= 15 is 0 Å². The maximum absolute atomic E-state index is 13.9. The summed E-state index contributed by atoms with van der Waals surface area (Å²) in [5.41, 5.74) is 8.12. The standard InChI is InChI=1S/C33H36N4O2S/c1-21(2)18-34-28(38)19-36-29(39)20-40-32(26-15-9-11-22(3)17-26)30-31(25-13-7-6-8-14-25)35-37(33(30)36)27-16-10-12-23(4)24(27)5/h6-17,21,32H,18-20H2,1-5H3,(H,34,38)/t32-/m0/s1. The van der Waals surface area contributed by atoms with Crippen LogP contribution in [0.4, 0.5) is 5.82 Å². The first-order valence-corrected chi connectivity index (χ1v) is 14.8. The number of anilines is 1. The van der Waals surface area contributed by atoms with Crippen molar-refractivity contribution >= 4 is 29.4 Å². The van der Waals surface area contributed by atoms with E-state index in [-0.39, 0.29) is 29.4 Å². The van der Waals surface area contributed by atoms with Gasteiger partial charge in [0.25, 0.3) is 0 Å². The van der Waals surface area contributed by atoms with E-state index in [4.69, 9.17) is 5.10 Å². The molecule has 0 saturated heterocycles. The van der Waals surface area contributed by atoms with Crippen LogP contribution in [0.25, 0.3) is 16.9 Å². The van der Waals surface area contributed by atoms with Crippen LogP contribution >= 0.6 is 11.8 Å². The maximum Gasteiger partial charge on any atom is 0.240 e. The molecule has 2 amide bonds. The highest BCUT2D eigenvalue weighted by Crippen LogP contribution is 2.48. The van der Waals surface area contributed by atoms with Gasteiger partial charge in [-0.1, -0.05) is 86.1 Å². The van der Waals surface area contributed by atoms with Crippen LogP contribution in [-0.4, -0.2) is 40.4 Å². The van der Waals surface area contributed by atoms with Crippen molar-refractivity contribution in [3.63, 3.8) is 0 Å². The third kappa shape index (κ3) is 5.56. The fourth-order valence-electron chi connectivity index (χ4n) is 5.08. The average Bonchev–Trinajstić information content (AvgIpc) is 3.25. The highest BCUT2D eigenvalue weighted by atomic mass is 32.2. The predicted molar refractivity (Wildman–Crippen MR) is 164 cm³/mol. The lowest BCUT2D eigenvalue weighted by atomic mass is 9.98. The zero-order valence-electron chi connectivity index (χ0n) is 23.8. The lowest BCUT2D eigenvalue weighted by Crippen LogP contribution is -2.43. The first-order chi connectivity index (χ1) is 19.2. The van der Waals surface area contributed by atoms with Crippen LogP contribution in [-0.2, 0) is 9.59 Å². The molecule has 1 atom stereocenters. The number of thioether (sulfide) groups is 1. The average molecular weight is 553 g/mol. The van der Waals surface area contributed by atoms with Crippen molar-refractivity contribution in [3.05, 3.63) is 101 Å². The molecule has 0 unspecified atom stereocenters. The molecule has 7 heteroatoms. The van der Waals surface area contributed by atoms with Crippen molar-refractivity contribution < 1.29 is 9.59 Å². The van der Waals surface area contributed by atoms with Crippen molar-refractivity contribution in [3.8, 4) is 16.9 Å². The zero-order chi connectivity index (χ0) is 28.4. The van der Waals surface area contributed by atoms with Crippen LogP contribution in [0.2, 0.25) is 0 Å². The van der Waals surface area contributed by atoms with Crippen molar-refractivity contribution in [1.29, 1.82) is 0 Å². The molecule has 0 bridgehead atoms. The Bertz CT molecular complexity index is 1540. The molecule has 0 radical (unpaired) electrons. The van der Waals surface area contributed by atoms with Crippen molar-refractivity contribution in [2.24, 2.45) is 5.92 Å². The van der Waals surface area contributed by atoms with Gasteiger partial charge >= 0.3 is 0 Å². The van der Waals surface area contributed by atoms with E-state index < -0.39 is 0 Å². The Hall–Kier alpha value is -3.84. The molecule has 40 heavy (non-hydrogen) atoms. The van der Waals surface area contributed by atoms with Crippen LogP contribution in [0.5, 0.6) is 0 Å². The number of fused-ring (bicyclic) bond motifs is 1. The van der Waals surface area contributed by atoms with Gasteiger partial charge in [0.15, 0.2) is 0 Å². The molecule has 2 heterocycles. The molecule has 5 rings (SSSR count). The molecule has 4 aromatic rings. The molecule has 206 valence electrons. The summed E-state index contributed by atoms with van der Waals surface area (Å²) in [4.78, 5) is 28.7. The first-order valence-electron chi connectivity index (χ1n) is 13.7. The van der Waals surface area contributed by atoms with Gasteiger partial charge in [-0.25, -0.2) is 4.68 Å². The molecule has 1 N–H and O–H groups in total. The minimum absolute atomic E-state index is 0.0650. The van der Waals surface area contributed by atoms with Crippen LogP contribution < -0.4 is 10.2 Å². The van der Waals surface area contributed by atoms with Gasteiger partial charge in [-0.15, -0.1) is 11.8 Å². The quantitative estimate of drug-likeness (QED) is 0.288. The molecule has 0 fully saturated rings. The van der Waals surface area contributed by atoms with Gasteiger partial charge in [0.2, 0.25) is 11.8 Å².